The van der Waals surface area contributed by atoms with E-state index in [1.165, 1.54) is 4.31 Å². The molecule has 2 rings (SSSR count). The minimum atomic E-state index is -3.69. The Balaban J connectivity index is 2.10. The highest BCUT2D eigenvalue weighted by molar-refractivity contribution is 7.92. The zero-order chi connectivity index (χ0) is 19.4. The first-order valence-electron chi connectivity index (χ1n) is 8.26. The summed E-state index contributed by atoms with van der Waals surface area (Å²) < 4.78 is 52.5. The number of anilines is 1. The van der Waals surface area contributed by atoms with Gasteiger partial charge in [0.05, 0.1) is 16.8 Å². The van der Waals surface area contributed by atoms with E-state index in [0.717, 1.165) is 23.8 Å². The van der Waals surface area contributed by atoms with Crippen molar-refractivity contribution in [2.24, 2.45) is 0 Å². The van der Waals surface area contributed by atoms with Gasteiger partial charge in [-0.2, -0.15) is 0 Å². The molecule has 2 aromatic rings. The fourth-order valence-electron chi connectivity index (χ4n) is 2.47. The largest absolute Gasteiger partial charge is 0.269 e. The average Bonchev–Trinajstić information content (AvgIpc) is 2.59. The lowest BCUT2D eigenvalue weighted by Gasteiger charge is -2.22. The lowest BCUT2D eigenvalue weighted by Crippen LogP contribution is -2.38. The van der Waals surface area contributed by atoms with Crippen molar-refractivity contribution in [3.8, 4) is 0 Å². The van der Waals surface area contributed by atoms with E-state index in [-0.39, 0.29) is 18.0 Å². The summed E-state index contributed by atoms with van der Waals surface area (Å²) in [5.41, 5.74) is 2.56. The van der Waals surface area contributed by atoms with Gasteiger partial charge in [-0.3, -0.25) is 4.31 Å². The highest BCUT2D eigenvalue weighted by atomic mass is 32.2. The van der Waals surface area contributed by atoms with E-state index >= 15 is 0 Å². The molecule has 0 saturated carbocycles. The van der Waals surface area contributed by atoms with Crippen LogP contribution in [0.2, 0.25) is 0 Å². The lowest BCUT2D eigenvalue weighted by molar-refractivity contribution is 0.578. The third-order valence-electron chi connectivity index (χ3n) is 3.97. The highest BCUT2D eigenvalue weighted by Crippen LogP contribution is 2.18. The summed E-state index contributed by atoms with van der Waals surface area (Å²) in [6.45, 7) is 3.88. The Labute approximate surface area is 156 Å². The van der Waals surface area contributed by atoms with E-state index in [1.807, 2.05) is 26.0 Å². The summed E-state index contributed by atoms with van der Waals surface area (Å²) >= 11 is 0. The molecule has 0 fully saturated rings. The Morgan fingerprint density at radius 1 is 0.923 bits per heavy atom. The van der Waals surface area contributed by atoms with E-state index in [2.05, 4.69) is 4.72 Å². The molecule has 0 amide bonds. The van der Waals surface area contributed by atoms with Gasteiger partial charge in [0.15, 0.2) is 0 Å². The van der Waals surface area contributed by atoms with Crippen LogP contribution in [-0.2, 0) is 26.5 Å². The van der Waals surface area contributed by atoms with Crippen LogP contribution in [0.25, 0.3) is 0 Å². The van der Waals surface area contributed by atoms with E-state index in [9.17, 15) is 16.8 Å². The van der Waals surface area contributed by atoms with Gasteiger partial charge in [-0.1, -0.05) is 36.8 Å². The first-order valence-corrected chi connectivity index (χ1v) is 11.6. The van der Waals surface area contributed by atoms with Gasteiger partial charge < -0.3 is 0 Å². The Morgan fingerprint density at radius 3 is 2.00 bits per heavy atom. The maximum atomic E-state index is 12.4. The second-order valence-corrected chi connectivity index (χ2v) is 9.74. The highest BCUT2D eigenvalue weighted by Gasteiger charge is 2.19. The lowest BCUT2D eigenvalue weighted by atomic mass is 10.2. The molecule has 0 heterocycles. The van der Waals surface area contributed by atoms with Crippen molar-refractivity contribution in [1.82, 2.24) is 4.72 Å². The van der Waals surface area contributed by atoms with E-state index in [0.29, 0.717) is 5.69 Å². The zero-order valence-corrected chi connectivity index (χ0v) is 16.8. The second kappa shape index (κ2) is 8.20. The Bertz CT molecular complexity index is 936. The topological polar surface area (TPSA) is 83.6 Å². The van der Waals surface area contributed by atoms with Crippen molar-refractivity contribution in [2.75, 3.05) is 23.7 Å². The number of aryl methyl sites for hydroxylation is 2. The number of benzene rings is 2. The van der Waals surface area contributed by atoms with Gasteiger partial charge in [0.2, 0.25) is 20.0 Å². The molecule has 0 aliphatic heterocycles. The fourth-order valence-corrected chi connectivity index (χ4v) is 4.42. The van der Waals surface area contributed by atoms with Gasteiger partial charge in [-0.15, -0.1) is 0 Å². The van der Waals surface area contributed by atoms with Crippen LogP contribution >= 0.6 is 0 Å². The van der Waals surface area contributed by atoms with Gasteiger partial charge in [-0.25, -0.2) is 21.6 Å². The van der Waals surface area contributed by atoms with E-state index in [1.54, 1.807) is 36.4 Å². The van der Waals surface area contributed by atoms with Crippen molar-refractivity contribution in [3.63, 3.8) is 0 Å². The van der Waals surface area contributed by atoms with Gasteiger partial charge >= 0.3 is 0 Å². The van der Waals surface area contributed by atoms with Gasteiger partial charge in [0.1, 0.15) is 0 Å². The molecule has 0 atom stereocenters. The van der Waals surface area contributed by atoms with Crippen LogP contribution in [-0.4, -0.2) is 36.2 Å². The van der Waals surface area contributed by atoms with Crippen molar-refractivity contribution in [3.05, 3.63) is 59.7 Å². The molecule has 0 radical (unpaired) electrons. The summed E-state index contributed by atoms with van der Waals surface area (Å²) in [6.07, 6.45) is 1.93. The molecule has 0 aromatic heterocycles. The van der Waals surface area contributed by atoms with Gasteiger partial charge in [0, 0.05) is 13.1 Å². The molecule has 0 spiro atoms. The molecule has 1 N–H and O–H groups in total. The van der Waals surface area contributed by atoms with Crippen LogP contribution in [0.5, 0.6) is 0 Å². The second-order valence-electron chi connectivity index (χ2n) is 6.07. The number of rotatable bonds is 8. The van der Waals surface area contributed by atoms with Crippen LogP contribution in [0.1, 0.15) is 18.1 Å². The summed E-state index contributed by atoms with van der Waals surface area (Å²) in [5.74, 6) is 0. The zero-order valence-electron chi connectivity index (χ0n) is 15.1. The standard InChI is InChI=1S/C18H24N2O4S2/c1-4-16-7-11-18(12-8-16)26(23,24)19-13-14-20(25(3,21)22)17-9-5-15(2)6-10-17/h5-12,19H,4,13-14H2,1-3H3. The maximum absolute atomic E-state index is 12.4. The first kappa shape index (κ1) is 20.4. The summed E-state index contributed by atoms with van der Waals surface area (Å²) in [5, 5.41) is 0. The van der Waals surface area contributed by atoms with Crippen LogP contribution < -0.4 is 9.03 Å². The molecule has 2 aromatic carbocycles. The van der Waals surface area contributed by atoms with Crippen LogP contribution in [0, 0.1) is 6.92 Å². The van der Waals surface area contributed by atoms with E-state index in [4.69, 9.17) is 0 Å². The number of hydrogen-bond donors (Lipinski definition) is 1. The molecule has 26 heavy (non-hydrogen) atoms. The quantitative estimate of drug-likeness (QED) is 0.742. The third kappa shape index (κ3) is 5.30. The number of sulfonamides is 2. The minimum Gasteiger partial charge on any atom is -0.269 e. The molecule has 0 aliphatic rings. The summed E-state index contributed by atoms with van der Waals surface area (Å²) in [4.78, 5) is 0.163. The molecule has 0 bridgehead atoms. The van der Waals surface area contributed by atoms with Crippen LogP contribution in [0.15, 0.2) is 53.4 Å². The maximum Gasteiger partial charge on any atom is 0.240 e. The Hall–Kier alpha value is -1.90. The predicted octanol–water partition coefficient (Wildman–Crippen LogP) is 2.30. The Morgan fingerprint density at radius 2 is 1.50 bits per heavy atom. The molecular weight excluding hydrogens is 372 g/mol. The van der Waals surface area contributed by atoms with Crippen LogP contribution in [0.4, 0.5) is 5.69 Å². The van der Waals surface area contributed by atoms with Crippen molar-refractivity contribution in [2.45, 2.75) is 25.2 Å². The summed E-state index contributed by atoms with van der Waals surface area (Å²) in [7, 11) is -7.21. The summed E-state index contributed by atoms with van der Waals surface area (Å²) in [6, 6.07) is 13.7. The van der Waals surface area contributed by atoms with Crippen molar-refractivity contribution in [1.29, 1.82) is 0 Å². The number of nitrogens with zero attached hydrogens (tertiary/aromatic N) is 1. The van der Waals surface area contributed by atoms with Crippen molar-refractivity contribution >= 4 is 25.7 Å². The molecule has 0 saturated heterocycles. The molecule has 142 valence electrons. The molecule has 8 heteroatoms. The first-order chi connectivity index (χ1) is 12.1. The molecule has 6 nitrogen and oxygen atoms in total. The smallest absolute Gasteiger partial charge is 0.240 e. The third-order valence-corrected chi connectivity index (χ3v) is 6.64. The molecule has 0 aliphatic carbocycles. The van der Waals surface area contributed by atoms with Gasteiger partial charge in [0.25, 0.3) is 0 Å². The normalized spacial score (nSPS) is 12.1. The average molecular weight is 397 g/mol. The van der Waals surface area contributed by atoms with Crippen molar-refractivity contribution < 1.29 is 16.8 Å². The van der Waals surface area contributed by atoms with Gasteiger partial charge in [-0.05, 0) is 43.2 Å². The molecule has 0 unspecified atom stereocenters. The Kier molecular flexibility index (Phi) is 6.44. The number of hydrogen-bond acceptors (Lipinski definition) is 4. The molecular formula is C18H24N2O4S2. The predicted molar refractivity (Wildman–Crippen MR) is 104 cm³/mol. The fraction of sp³-hybridized carbons (Fsp3) is 0.333. The number of nitrogens with one attached hydrogen (secondary N) is 1. The monoisotopic (exact) mass is 396 g/mol. The van der Waals surface area contributed by atoms with E-state index < -0.39 is 20.0 Å². The van der Waals surface area contributed by atoms with Crippen LogP contribution in [0.3, 0.4) is 0 Å². The SMILES string of the molecule is CCc1ccc(S(=O)(=O)NCCN(c2ccc(C)cc2)S(C)(=O)=O)cc1. The minimum absolute atomic E-state index is 0.00810.